The lowest BCUT2D eigenvalue weighted by Gasteiger charge is -2.27. The molecule has 5 nitrogen and oxygen atoms in total. The van der Waals surface area contributed by atoms with Gasteiger partial charge >= 0.3 is 0 Å². The third-order valence-corrected chi connectivity index (χ3v) is 5.58. The molecule has 1 aromatic rings. The molecule has 2 aliphatic rings. The Bertz CT molecular complexity index is 560. The van der Waals surface area contributed by atoms with Gasteiger partial charge in [-0.05, 0) is 49.6 Å². The number of carbonyl (C=O) groups excluding carboxylic acids is 2. The molecule has 0 radical (unpaired) electrons. The molecule has 1 atom stereocenters. The highest BCUT2D eigenvalue weighted by atomic mass is 32.1. The van der Waals surface area contributed by atoms with Crippen molar-refractivity contribution >= 4 is 23.2 Å². The molecule has 0 N–H and O–H groups in total. The van der Waals surface area contributed by atoms with E-state index in [1.807, 2.05) is 23.3 Å². The van der Waals surface area contributed by atoms with E-state index in [1.165, 1.54) is 11.3 Å². The van der Waals surface area contributed by atoms with Gasteiger partial charge in [0.05, 0.1) is 11.0 Å². The summed E-state index contributed by atoms with van der Waals surface area (Å²) in [5.41, 5.74) is 0.978. The highest BCUT2D eigenvalue weighted by molar-refractivity contribution is 7.12. The van der Waals surface area contributed by atoms with Gasteiger partial charge in [-0.3, -0.25) is 9.59 Å². The summed E-state index contributed by atoms with van der Waals surface area (Å²) < 4.78 is 5.67. The molecule has 3 rings (SSSR count). The summed E-state index contributed by atoms with van der Waals surface area (Å²) in [5.74, 6) is 0.0172. The Morgan fingerprint density at radius 3 is 2.74 bits per heavy atom. The predicted octanol–water partition coefficient (Wildman–Crippen LogP) is 2.30. The fraction of sp³-hybridized carbons (Fsp3) is 0.647. The number of aryl methyl sites for hydroxylation is 1. The molecule has 126 valence electrons. The Balaban J connectivity index is 1.71. The van der Waals surface area contributed by atoms with Gasteiger partial charge in [0.25, 0.3) is 5.91 Å². The van der Waals surface area contributed by atoms with Crippen LogP contribution in [0.5, 0.6) is 0 Å². The first-order valence-corrected chi connectivity index (χ1v) is 9.26. The molecule has 0 saturated carbocycles. The van der Waals surface area contributed by atoms with Crippen LogP contribution in [0.25, 0.3) is 0 Å². The maximum atomic E-state index is 12.9. The largest absolute Gasteiger partial charge is 0.376 e. The summed E-state index contributed by atoms with van der Waals surface area (Å²) in [6.07, 6.45) is 4.19. The predicted molar refractivity (Wildman–Crippen MR) is 89.7 cm³/mol. The minimum Gasteiger partial charge on any atom is -0.376 e. The van der Waals surface area contributed by atoms with Crippen LogP contribution in [-0.2, 0) is 9.53 Å². The molecule has 0 aliphatic carbocycles. The molecule has 0 bridgehead atoms. The average molecular weight is 336 g/mol. The fourth-order valence-corrected chi connectivity index (χ4v) is 4.11. The number of hydrogen-bond donors (Lipinski definition) is 0. The molecular formula is C17H24N2O3S. The molecule has 0 unspecified atom stereocenters. The zero-order chi connectivity index (χ0) is 16.2. The molecule has 2 fully saturated rings. The molecule has 23 heavy (non-hydrogen) atoms. The lowest BCUT2D eigenvalue weighted by Crippen LogP contribution is -2.44. The molecular weight excluding hydrogens is 312 g/mol. The quantitative estimate of drug-likeness (QED) is 0.829. The first-order chi connectivity index (χ1) is 11.1. The number of thiophene rings is 1. The minimum atomic E-state index is -0.0412. The van der Waals surface area contributed by atoms with Gasteiger partial charge in [-0.15, -0.1) is 11.3 Å². The van der Waals surface area contributed by atoms with Gasteiger partial charge in [-0.1, -0.05) is 0 Å². The third-order valence-electron chi connectivity index (χ3n) is 4.58. The van der Waals surface area contributed by atoms with Crippen LogP contribution in [0.3, 0.4) is 0 Å². The molecule has 3 heterocycles. The van der Waals surface area contributed by atoms with Crippen molar-refractivity contribution in [3.8, 4) is 0 Å². The van der Waals surface area contributed by atoms with Crippen LogP contribution in [0.15, 0.2) is 11.4 Å². The van der Waals surface area contributed by atoms with Gasteiger partial charge in [0, 0.05) is 26.2 Å². The van der Waals surface area contributed by atoms with Crippen molar-refractivity contribution in [1.82, 2.24) is 9.80 Å². The van der Waals surface area contributed by atoms with Crippen molar-refractivity contribution in [2.45, 2.75) is 38.7 Å². The second kappa shape index (κ2) is 7.45. The van der Waals surface area contributed by atoms with Crippen LogP contribution in [-0.4, -0.2) is 60.5 Å². The van der Waals surface area contributed by atoms with Crippen LogP contribution in [0, 0.1) is 6.92 Å². The summed E-state index contributed by atoms with van der Waals surface area (Å²) >= 11 is 1.45. The highest BCUT2D eigenvalue weighted by Crippen LogP contribution is 2.21. The summed E-state index contributed by atoms with van der Waals surface area (Å²) in [5, 5.41) is 1.93. The van der Waals surface area contributed by atoms with Crippen molar-refractivity contribution < 1.29 is 14.3 Å². The third kappa shape index (κ3) is 3.93. The maximum absolute atomic E-state index is 12.9. The van der Waals surface area contributed by atoms with Gasteiger partial charge in [-0.2, -0.15) is 0 Å². The summed E-state index contributed by atoms with van der Waals surface area (Å²) in [6.45, 7) is 5.00. The van der Waals surface area contributed by atoms with Crippen molar-refractivity contribution in [2.24, 2.45) is 0 Å². The van der Waals surface area contributed by atoms with Gasteiger partial charge in [0.15, 0.2) is 0 Å². The molecule has 2 saturated heterocycles. The summed E-state index contributed by atoms with van der Waals surface area (Å²) in [7, 11) is 0. The monoisotopic (exact) mass is 336 g/mol. The van der Waals surface area contributed by atoms with E-state index >= 15 is 0 Å². The Morgan fingerprint density at radius 1 is 1.35 bits per heavy atom. The molecule has 0 aromatic carbocycles. The van der Waals surface area contributed by atoms with E-state index in [0.717, 1.165) is 55.8 Å². The van der Waals surface area contributed by atoms with Crippen molar-refractivity contribution in [2.75, 3.05) is 32.8 Å². The van der Waals surface area contributed by atoms with Gasteiger partial charge in [0.1, 0.15) is 6.54 Å². The Labute approximate surface area is 141 Å². The number of nitrogens with zero attached hydrogens (tertiary/aromatic N) is 2. The van der Waals surface area contributed by atoms with Crippen molar-refractivity contribution in [3.63, 3.8) is 0 Å². The van der Waals surface area contributed by atoms with E-state index in [1.54, 1.807) is 4.90 Å². The van der Waals surface area contributed by atoms with E-state index in [2.05, 4.69) is 0 Å². The van der Waals surface area contributed by atoms with E-state index in [4.69, 9.17) is 4.74 Å². The molecule has 6 heteroatoms. The van der Waals surface area contributed by atoms with E-state index < -0.39 is 0 Å². The van der Waals surface area contributed by atoms with Gasteiger partial charge in [-0.25, -0.2) is 0 Å². The SMILES string of the molecule is Cc1ccsc1C(=O)N(CC(=O)N1CCCC1)C[C@@H]1CCCO1. The fourth-order valence-electron chi connectivity index (χ4n) is 3.22. The standard InChI is InChI=1S/C17H24N2O3S/c1-13-6-10-23-16(13)17(21)19(11-14-5-4-9-22-14)12-15(20)18-7-2-3-8-18/h6,10,14H,2-5,7-9,11-12H2,1H3/t14-/m0/s1. The zero-order valence-electron chi connectivity index (χ0n) is 13.6. The molecule has 1 aromatic heterocycles. The van der Waals surface area contributed by atoms with Crippen molar-refractivity contribution in [1.29, 1.82) is 0 Å². The lowest BCUT2D eigenvalue weighted by atomic mass is 10.2. The Kier molecular flexibility index (Phi) is 5.33. The van der Waals surface area contributed by atoms with E-state index in [-0.39, 0.29) is 24.5 Å². The molecule has 2 aliphatic heterocycles. The normalized spacial score (nSPS) is 20.9. The van der Waals surface area contributed by atoms with Gasteiger partial charge in [0.2, 0.25) is 5.91 Å². The number of hydrogen-bond acceptors (Lipinski definition) is 4. The number of carbonyl (C=O) groups is 2. The van der Waals surface area contributed by atoms with Crippen LogP contribution in [0.4, 0.5) is 0 Å². The minimum absolute atomic E-state index is 0.0412. The van der Waals surface area contributed by atoms with E-state index in [0.29, 0.717) is 6.54 Å². The average Bonchev–Trinajstić information content (AvgIpc) is 3.28. The van der Waals surface area contributed by atoms with Crippen LogP contribution < -0.4 is 0 Å². The maximum Gasteiger partial charge on any atom is 0.264 e. The Hall–Kier alpha value is -1.40. The van der Waals surface area contributed by atoms with E-state index in [9.17, 15) is 9.59 Å². The lowest BCUT2D eigenvalue weighted by molar-refractivity contribution is -0.131. The van der Waals surface area contributed by atoms with Crippen LogP contribution in [0.1, 0.15) is 40.9 Å². The van der Waals surface area contributed by atoms with Crippen molar-refractivity contribution in [3.05, 3.63) is 21.9 Å². The number of amides is 2. The topological polar surface area (TPSA) is 49.9 Å². The number of rotatable bonds is 5. The summed E-state index contributed by atoms with van der Waals surface area (Å²) in [6, 6.07) is 1.95. The second-order valence-electron chi connectivity index (χ2n) is 6.34. The summed E-state index contributed by atoms with van der Waals surface area (Å²) in [4.78, 5) is 29.7. The van der Waals surface area contributed by atoms with Gasteiger partial charge < -0.3 is 14.5 Å². The number of likely N-dealkylation sites (tertiary alicyclic amines) is 1. The molecule has 0 spiro atoms. The van der Waals surface area contributed by atoms with Crippen LogP contribution >= 0.6 is 11.3 Å². The first-order valence-electron chi connectivity index (χ1n) is 8.38. The first kappa shape index (κ1) is 16.5. The van der Waals surface area contributed by atoms with Crippen LogP contribution in [0.2, 0.25) is 0 Å². The highest BCUT2D eigenvalue weighted by Gasteiger charge is 2.28. The zero-order valence-corrected chi connectivity index (χ0v) is 14.4. The smallest absolute Gasteiger partial charge is 0.264 e. The second-order valence-corrected chi connectivity index (χ2v) is 7.26. The molecule has 2 amide bonds. The Morgan fingerprint density at radius 2 is 2.13 bits per heavy atom. The number of ether oxygens (including phenoxy) is 1.